The first kappa shape index (κ1) is 13.3. The summed E-state index contributed by atoms with van der Waals surface area (Å²) < 4.78 is 41.3. The molecule has 0 spiro atoms. The minimum absolute atomic E-state index is 0.0916. The average Bonchev–Trinajstić information content (AvgIpc) is 2.15. The molecule has 15 heavy (non-hydrogen) atoms. The van der Waals surface area contributed by atoms with Crippen LogP contribution in [0.3, 0.4) is 0 Å². The van der Waals surface area contributed by atoms with Gasteiger partial charge in [-0.1, -0.05) is 57.3 Å². The molecule has 0 saturated heterocycles. The second kappa shape index (κ2) is 5.55. The molecule has 1 rings (SSSR count). The molecule has 1 aromatic carbocycles. The van der Waals surface area contributed by atoms with E-state index in [1.54, 1.807) is 6.07 Å². The van der Waals surface area contributed by atoms with Crippen LogP contribution in [0, 0.1) is 0 Å². The summed E-state index contributed by atoms with van der Waals surface area (Å²) in [6, 6.07) is 4.73. The molecule has 0 heterocycles. The average molecular weight is 442 g/mol. The summed E-state index contributed by atoms with van der Waals surface area (Å²) in [4.78, 5) is 0. The zero-order chi connectivity index (χ0) is 11.5. The molecule has 0 atom stereocenters. The number of benzene rings is 1. The molecule has 0 aliphatic heterocycles. The Kier molecular flexibility index (Phi) is 4.94. The fraction of sp³-hybridized carbons (Fsp3) is 0.333. The molecule has 1 aromatic rings. The number of hydrogen-bond acceptors (Lipinski definition) is 1. The summed E-state index contributed by atoms with van der Waals surface area (Å²) >= 11 is 4.14. The van der Waals surface area contributed by atoms with Gasteiger partial charge in [-0.15, -0.1) is 13.2 Å². The van der Waals surface area contributed by atoms with Crippen LogP contribution in [0.15, 0.2) is 18.2 Å². The maximum atomic E-state index is 12.1. The van der Waals surface area contributed by atoms with E-state index in [-0.39, 0.29) is 5.75 Å². The summed E-state index contributed by atoms with van der Waals surface area (Å²) in [5.74, 6) is -0.0916. The lowest BCUT2D eigenvalue weighted by Gasteiger charge is -2.14. The van der Waals surface area contributed by atoms with Crippen LogP contribution in [0.4, 0.5) is 13.2 Å². The van der Waals surface area contributed by atoms with E-state index in [4.69, 9.17) is 0 Å². The highest BCUT2D eigenvalue weighted by molar-refractivity contribution is 14.1. The Hall–Kier alpha value is 0.270. The minimum atomic E-state index is -4.62. The zero-order valence-corrected chi connectivity index (χ0v) is 11.8. The third kappa shape index (κ3) is 3.97. The Morgan fingerprint density at radius 2 is 1.80 bits per heavy atom. The van der Waals surface area contributed by atoms with Crippen LogP contribution >= 0.6 is 45.2 Å². The van der Waals surface area contributed by atoms with Crippen LogP contribution in [0.1, 0.15) is 11.1 Å². The largest absolute Gasteiger partial charge is 0.573 e. The maximum Gasteiger partial charge on any atom is 0.573 e. The molecule has 0 aromatic heterocycles. The van der Waals surface area contributed by atoms with Crippen molar-refractivity contribution in [3.8, 4) is 5.75 Å². The lowest BCUT2D eigenvalue weighted by molar-refractivity contribution is -0.274. The molecule has 0 fully saturated rings. The first-order valence-electron chi connectivity index (χ1n) is 3.96. The Labute approximate surface area is 113 Å². The van der Waals surface area contributed by atoms with Crippen molar-refractivity contribution in [1.29, 1.82) is 0 Å². The van der Waals surface area contributed by atoms with Crippen LogP contribution < -0.4 is 4.74 Å². The van der Waals surface area contributed by atoms with Gasteiger partial charge in [0.25, 0.3) is 0 Å². The van der Waals surface area contributed by atoms with Gasteiger partial charge in [0.2, 0.25) is 0 Å². The molecule has 0 bridgehead atoms. The zero-order valence-electron chi connectivity index (χ0n) is 7.44. The highest BCUT2D eigenvalue weighted by Crippen LogP contribution is 2.31. The summed E-state index contributed by atoms with van der Waals surface area (Å²) in [5, 5.41) is 0. The Bertz CT molecular complexity index is 339. The Morgan fingerprint density at radius 1 is 1.13 bits per heavy atom. The predicted molar refractivity (Wildman–Crippen MR) is 68.6 cm³/mol. The summed E-state index contributed by atoms with van der Waals surface area (Å²) in [6.45, 7) is 0. The second-order valence-electron chi connectivity index (χ2n) is 2.71. The van der Waals surface area contributed by atoms with E-state index < -0.39 is 6.36 Å². The van der Waals surface area contributed by atoms with E-state index in [1.165, 1.54) is 6.07 Å². The van der Waals surface area contributed by atoms with Gasteiger partial charge in [0.1, 0.15) is 5.75 Å². The van der Waals surface area contributed by atoms with Crippen molar-refractivity contribution in [2.24, 2.45) is 0 Å². The second-order valence-corrected chi connectivity index (χ2v) is 4.23. The molecule has 0 unspecified atom stereocenters. The maximum absolute atomic E-state index is 12.1. The normalized spacial score (nSPS) is 11.5. The SMILES string of the molecule is FC(F)(F)Oc1cccc(CI)c1CI. The van der Waals surface area contributed by atoms with Gasteiger partial charge in [0.05, 0.1) is 0 Å². The monoisotopic (exact) mass is 442 g/mol. The molecule has 0 N–H and O–H groups in total. The Balaban J connectivity index is 3.06. The van der Waals surface area contributed by atoms with E-state index in [0.29, 0.717) is 14.4 Å². The fourth-order valence-corrected chi connectivity index (χ4v) is 2.69. The van der Waals surface area contributed by atoms with E-state index >= 15 is 0 Å². The van der Waals surface area contributed by atoms with Crippen LogP contribution in [-0.2, 0) is 8.86 Å². The minimum Gasteiger partial charge on any atom is -0.405 e. The topological polar surface area (TPSA) is 9.23 Å². The predicted octanol–water partition coefficient (Wildman–Crippen LogP) is 4.46. The lowest BCUT2D eigenvalue weighted by atomic mass is 10.1. The van der Waals surface area contributed by atoms with Crippen molar-refractivity contribution in [1.82, 2.24) is 0 Å². The summed E-state index contributed by atoms with van der Waals surface area (Å²) in [7, 11) is 0. The van der Waals surface area contributed by atoms with Crippen molar-refractivity contribution in [3.63, 3.8) is 0 Å². The molecule has 0 aliphatic rings. The lowest BCUT2D eigenvalue weighted by Crippen LogP contribution is -2.18. The van der Waals surface area contributed by atoms with Gasteiger partial charge >= 0.3 is 6.36 Å². The summed E-state index contributed by atoms with van der Waals surface area (Å²) in [5.41, 5.74) is 1.50. The van der Waals surface area contributed by atoms with Gasteiger partial charge in [0, 0.05) is 14.4 Å². The van der Waals surface area contributed by atoms with E-state index in [9.17, 15) is 13.2 Å². The van der Waals surface area contributed by atoms with Crippen molar-refractivity contribution in [3.05, 3.63) is 29.3 Å². The third-order valence-electron chi connectivity index (χ3n) is 1.73. The van der Waals surface area contributed by atoms with Crippen molar-refractivity contribution in [2.45, 2.75) is 15.2 Å². The smallest absolute Gasteiger partial charge is 0.405 e. The van der Waals surface area contributed by atoms with Gasteiger partial charge in [-0.05, 0) is 11.6 Å². The van der Waals surface area contributed by atoms with Crippen LogP contribution in [0.5, 0.6) is 5.75 Å². The van der Waals surface area contributed by atoms with E-state index in [1.807, 2.05) is 28.7 Å². The molecular formula is C9H7F3I2O. The van der Waals surface area contributed by atoms with Gasteiger partial charge in [-0.25, -0.2) is 0 Å². The van der Waals surface area contributed by atoms with Gasteiger partial charge in [-0.2, -0.15) is 0 Å². The molecule has 0 amide bonds. The quantitative estimate of drug-likeness (QED) is 0.497. The third-order valence-corrected chi connectivity index (χ3v) is 3.32. The van der Waals surface area contributed by atoms with Gasteiger partial charge < -0.3 is 4.74 Å². The van der Waals surface area contributed by atoms with Crippen molar-refractivity contribution >= 4 is 45.2 Å². The molecule has 1 nitrogen and oxygen atoms in total. The van der Waals surface area contributed by atoms with Crippen LogP contribution in [0.2, 0.25) is 0 Å². The molecule has 6 heteroatoms. The van der Waals surface area contributed by atoms with Crippen LogP contribution in [-0.4, -0.2) is 6.36 Å². The fourth-order valence-electron chi connectivity index (χ4n) is 1.11. The molecule has 84 valence electrons. The first-order valence-corrected chi connectivity index (χ1v) is 7.01. The van der Waals surface area contributed by atoms with E-state index in [0.717, 1.165) is 5.56 Å². The number of alkyl halides is 5. The highest BCUT2D eigenvalue weighted by atomic mass is 127. The van der Waals surface area contributed by atoms with Crippen molar-refractivity contribution < 1.29 is 17.9 Å². The summed E-state index contributed by atoms with van der Waals surface area (Å²) in [6.07, 6.45) is -4.62. The number of halogens is 5. The number of rotatable bonds is 3. The Morgan fingerprint density at radius 3 is 2.27 bits per heavy atom. The molecule has 0 aliphatic carbocycles. The van der Waals surface area contributed by atoms with Gasteiger partial charge in [-0.3, -0.25) is 0 Å². The number of ether oxygens (including phenoxy) is 1. The standard InChI is InChI=1S/C9H7F3I2O/c10-9(11,12)15-8-3-1-2-6(4-13)7(8)5-14/h1-3H,4-5H2. The molecular weight excluding hydrogens is 435 g/mol. The van der Waals surface area contributed by atoms with Gasteiger partial charge in [0.15, 0.2) is 0 Å². The van der Waals surface area contributed by atoms with Crippen molar-refractivity contribution in [2.75, 3.05) is 0 Å². The van der Waals surface area contributed by atoms with Crippen LogP contribution in [0.25, 0.3) is 0 Å². The van der Waals surface area contributed by atoms with E-state index in [2.05, 4.69) is 27.3 Å². The number of hydrogen-bond donors (Lipinski definition) is 0. The molecule has 0 radical (unpaired) electrons. The molecule has 0 saturated carbocycles. The first-order chi connectivity index (χ1) is 6.98. The highest BCUT2D eigenvalue weighted by Gasteiger charge is 2.32.